The highest BCUT2D eigenvalue weighted by Crippen LogP contribution is 2.26. The van der Waals surface area contributed by atoms with Gasteiger partial charge in [0.1, 0.15) is 5.75 Å². The molecule has 4 heteroatoms. The predicted molar refractivity (Wildman–Crippen MR) is 71.3 cm³/mol. The first-order valence-corrected chi connectivity index (χ1v) is 6.57. The molecule has 0 aliphatic carbocycles. The molecule has 1 aromatic carbocycles. The van der Waals surface area contributed by atoms with Crippen LogP contribution in [0, 0.1) is 0 Å². The average molecular weight is 275 g/mol. The number of hydrogen-bond donors (Lipinski definition) is 0. The van der Waals surface area contributed by atoms with Crippen LogP contribution in [0.15, 0.2) is 18.2 Å². The second kappa shape index (κ2) is 7.57. The van der Waals surface area contributed by atoms with E-state index in [2.05, 4.69) is 6.92 Å². The molecule has 0 saturated carbocycles. The summed E-state index contributed by atoms with van der Waals surface area (Å²) in [5, 5.41) is 0.572. The minimum absolute atomic E-state index is 0.00602. The zero-order valence-electron chi connectivity index (χ0n) is 9.84. The van der Waals surface area contributed by atoms with Crippen LogP contribution in [0.4, 0.5) is 0 Å². The Bertz CT molecular complexity index is 378. The van der Waals surface area contributed by atoms with Crippen LogP contribution in [0.5, 0.6) is 5.75 Å². The summed E-state index contributed by atoms with van der Waals surface area (Å²) in [6, 6.07) is 5.38. The highest BCUT2D eigenvalue weighted by atomic mass is 35.5. The minimum atomic E-state index is -0.00602. The van der Waals surface area contributed by atoms with Crippen molar-refractivity contribution in [1.82, 2.24) is 0 Å². The Kier molecular flexibility index (Phi) is 6.38. The first-order valence-electron chi connectivity index (χ1n) is 5.66. The Morgan fingerprint density at radius 2 is 2.18 bits per heavy atom. The lowest BCUT2D eigenvalue weighted by atomic mass is 10.1. The molecular formula is C13H16Cl2O2. The third kappa shape index (κ3) is 4.97. The molecule has 0 bridgehead atoms. The van der Waals surface area contributed by atoms with E-state index in [-0.39, 0.29) is 11.7 Å². The third-order valence-electron chi connectivity index (χ3n) is 2.30. The summed E-state index contributed by atoms with van der Waals surface area (Å²) in [5.41, 5.74) is 0.881. The summed E-state index contributed by atoms with van der Waals surface area (Å²) >= 11 is 11.5. The molecule has 0 fully saturated rings. The second-order valence-corrected chi connectivity index (χ2v) is 4.49. The van der Waals surface area contributed by atoms with E-state index in [4.69, 9.17) is 27.9 Å². The van der Waals surface area contributed by atoms with E-state index in [1.807, 2.05) is 12.1 Å². The first-order chi connectivity index (χ1) is 8.17. The van der Waals surface area contributed by atoms with E-state index in [1.54, 1.807) is 6.07 Å². The lowest BCUT2D eigenvalue weighted by molar-refractivity contribution is -0.116. The Labute approximate surface area is 112 Å². The van der Waals surface area contributed by atoms with E-state index in [1.165, 1.54) is 0 Å². The normalized spacial score (nSPS) is 10.3. The fourth-order valence-corrected chi connectivity index (χ4v) is 1.64. The number of carbonyl (C=O) groups is 1. The smallest absolute Gasteiger partial charge is 0.151 e. The fraction of sp³-hybridized carbons (Fsp3) is 0.462. The van der Waals surface area contributed by atoms with Gasteiger partial charge >= 0.3 is 0 Å². The van der Waals surface area contributed by atoms with Crippen LogP contribution in [0.1, 0.15) is 25.3 Å². The van der Waals surface area contributed by atoms with Crippen LogP contribution in [-0.2, 0) is 11.2 Å². The van der Waals surface area contributed by atoms with Gasteiger partial charge in [0.15, 0.2) is 5.78 Å². The maximum Gasteiger partial charge on any atom is 0.151 e. The van der Waals surface area contributed by atoms with Crippen LogP contribution >= 0.6 is 23.2 Å². The molecule has 0 heterocycles. The van der Waals surface area contributed by atoms with Crippen molar-refractivity contribution < 1.29 is 9.53 Å². The van der Waals surface area contributed by atoms with Crippen molar-refractivity contribution in [3.8, 4) is 5.75 Å². The van der Waals surface area contributed by atoms with Crippen molar-refractivity contribution in [2.45, 2.75) is 26.2 Å². The van der Waals surface area contributed by atoms with Gasteiger partial charge in [0, 0.05) is 6.42 Å². The monoisotopic (exact) mass is 274 g/mol. The molecule has 1 aromatic rings. The van der Waals surface area contributed by atoms with Gasteiger partial charge in [-0.2, -0.15) is 0 Å². The van der Waals surface area contributed by atoms with E-state index >= 15 is 0 Å². The van der Waals surface area contributed by atoms with Crippen LogP contribution in [-0.4, -0.2) is 18.3 Å². The molecule has 1 rings (SSSR count). The number of ketones is 1. The van der Waals surface area contributed by atoms with Crippen molar-refractivity contribution in [3.05, 3.63) is 28.8 Å². The molecule has 0 N–H and O–H groups in total. The number of unbranched alkanes of at least 4 members (excludes halogenated alkanes) is 1. The van der Waals surface area contributed by atoms with E-state index in [9.17, 15) is 4.79 Å². The van der Waals surface area contributed by atoms with Gasteiger partial charge in [-0.05, 0) is 24.1 Å². The molecular weight excluding hydrogens is 259 g/mol. The second-order valence-electron chi connectivity index (χ2n) is 3.82. The van der Waals surface area contributed by atoms with Gasteiger partial charge in [0.05, 0.1) is 17.5 Å². The number of carbonyl (C=O) groups excluding carboxylic acids is 1. The number of rotatable bonds is 7. The third-order valence-corrected chi connectivity index (χ3v) is 2.91. The van der Waals surface area contributed by atoms with Crippen molar-refractivity contribution in [3.63, 3.8) is 0 Å². The Morgan fingerprint density at radius 1 is 1.41 bits per heavy atom. The van der Waals surface area contributed by atoms with Crippen molar-refractivity contribution in [2.75, 3.05) is 12.5 Å². The largest absolute Gasteiger partial charge is 0.492 e. The lowest BCUT2D eigenvalue weighted by Crippen LogP contribution is -2.04. The molecule has 0 aliphatic rings. The van der Waals surface area contributed by atoms with E-state index in [0.717, 1.165) is 18.4 Å². The van der Waals surface area contributed by atoms with Gasteiger partial charge in [-0.1, -0.05) is 31.0 Å². The zero-order valence-corrected chi connectivity index (χ0v) is 11.4. The highest BCUT2D eigenvalue weighted by Gasteiger charge is 2.06. The van der Waals surface area contributed by atoms with Crippen molar-refractivity contribution in [1.29, 1.82) is 0 Å². The summed E-state index contributed by atoms with van der Waals surface area (Å²) < 4.78 is 5.56. The number of benzene rings is 1. The first kappa shape index (κ1) is 14.3. The zero-order chi connectivity index (χ0) is 12.7. The van der Waals surface area contributed by atoms with Crippen molar-refractivity contribution in [2.24, 2.45) is 0 Å². The van der Waals surface area contributed by atoms with Gasteiger partial charge in [0.25, 0.3) is 0 Å². The van der Waals surface area contributed by atoms with E-state index in [0.29, 0.717) is 23.8 Å². The van der Waals surface area contributed by atoms with Gasteiger partial charge in [-0.3, -0.25) is 4.79 Å². The van der Waals surface area contributed by atoms with Gasteiger partial charge in [-0.15, -0.1) is 11.6 Å². The van der Waals surface area contributed by atoms with Crippen LogP contribution in [0.25, 0.3) is 0 Å². The SMILES string of the molecule is CCCCOc1cc(CC(=O)CCl)ccc1Cl. The lowest BCUT2D eigenvalue weighted by Gasteiger charge is -2.09. The number of hydrogen-bond acceptors (Lipinski definition) is 2. The Hall–Kier alpha value is -0.730. The summed E-state index contributed by atoms with van der Waals surface area (Å²) in [6.07, 6.45) is 2.38. The maximum atomic E-state index is 11.2. The van der Waals surface area contributed by atoms with Crippen molar-refractivity contribution >= 4 is 29.0 Å². The molecule has 0 saturated heterocycles. The number of halogens is 2. The van der Waals surface area contributed by atoms with Crippen LogP contribution in [0.3, 0.4) is 0 Å². The highest BCUT2D eigenvalue weighted by molar-refractivity contribution is 6.32. The topological polar surface area (TPSA) is 26.3 Å². The quantitative estimate of drug-likeness (QED) is 0.557. The van der Waals surface area contributed by atoms with Gasteiger partial charge in [0.2, 0.25) is 0 Å². The summed E-state index contributed by atoms with van der Waals surface area (Å²) in [4.78, 5) is 11.2. The molecule has 0 amide bonds. The number of Topliss-reactive ketones (excluding diaryl/α,β-unsaturated/α-hetero) is 1. The molecule has 0 atom stereocenters. The average Bonchev–Trinajstić information content (AvgIpc) is 2.33. The van der Waals surface area contributed by atoms with E-state index < -0.39 is 0 Å². The number of ether oxygens (including phenoxy) is 1. The molecule has 2 nitrogen and oxygen atoms in total. The van der Waals surface area contributed by atoms with Gasteiger partial charge < -0.3 is 4.74 Å². The van der Waals surface area contributed by atoms with Gasteiger partial charge in [-0.25, -0.2) is 0 Å². The Morgan fingerprint density at radius 3 is 2.82 bits per heavy atom. The molecule has 0 spiro atoms. The fourth-order valence-electron chi connectivity index (χ4n) is 1.37. The molecule has 0 aliphatic heterocycles. The summed E-state index contributed by atoms with van der Waals surface area (Å²) in [6.45, 7) is 2.74. The molecule has 17 heavy (non-hydrogen) atoms. The standard InChI is InChI=1S/C13H16Cl2O2/c1-2-3-6-17-13-8-10(4-5-12(13)15)7-11(16)9-14/h4-5,8H,2-3,6-7,9H2,1H3. The predicted octanol–water partition coefficient (Wildman–Crippen LogP) is 3.87. The number of alkyl halides is 1. The molecule has 94 valence electrons. The molecule has 0 unspecified atom stereocenters. The van der Waals surface area contributed by atoms with Crippen LogP contribution < -0.4 is 4.74 Å². The Balaban J connectivity index is 2.68. The molecule has 0 radical (unpaired) electrons. The van der Waals surface area contributed by atoms with Crippen LogP contribution in [0.2, 0.25) is 5.02 Å². The molecule has 0 aromatic heterocycles. The summed E-state index contributed by atoms with van der Waals surface area (Å²) in [5.74, 6) is 0.669. The minimum Gasteiger partial charge on any atom is -0.492 e. The maximum absolute atomic E-state index is 11.2. The summed E-state index contributed by atoms with van der Waals surface area (Å²) in [7, 11) is 0.